The predicted octanol–water partition coefficient (Wildman–Crippen LogP) is 0.562. The van der Waals surface area contributed by atoms with Crippen LogP contribution in [0.25, 0.3) is 22.6 Å². The zero-order valence-corrected chi connectivity index (χ0v) is 14.4. The van der Waals surface area contributed by atoms with Gasteiger partial charge < -0.3 is 10.1 Å². The lowest BCUT2D eigenvalue weighted by Gasteiger charge is -2.09. The van der Waals surface area contributed by atoms with Gasteiger partial charge >= 0.3 is 5.69 Å². The molecule has 0 aromatic carbocycles. The van der Waals surface area contributed by atoms with Crippen molar-refractivity contribution in [1.82, 2.24) is 28.9 Å². The van der Waals surface area contributed by atoms with Gasteiger partial charge in [0.15, 0.2) is 5.65 Å². The lowest BCUT2D eigenvalue weighted by Crippen LogP contribution is -2.40. The highest BCUT2D eigenvalue weighted by molar-refractivity contribution is 5.75. The highest BCUT2D eigenvalue weighted by atomic mass is 16.3. The van der Waals surface area contributed by atoms with E-state index in [2.05, 4.69) is 15.1 Å². The van der Waals surface area contributed by atoms with Crippen LogP contribution >= 0.6 is 0 Å². The minimum atomic E-state index is -0.351. The third-order valence-electron chi connectivity index (χ3n) is 3.99. The lowest BCUT2D eigenvalue weighted by molar-refractivity contribution is 0.269. The second kappa shape index (κ2) is 7.06. The maximum atomic E-state index is 12.7. The number of hydrogen-bond donors (Lipinski definition) is 2. The van der Waals surface area contributed by atoms with Gasteiger partial charge in [-0.1, -0.05) is 13.8 Å². The number of nitrogens with zero attached hydrogens (tertiary/aromatic N) is 5. The fraction of sp³-hybridized carbons (Fsp3) is 0.500. The van der Waals surface area contributed by atoms with Crippen LogP contribution in [-0.2, 0) is 19.6 Å². The molecule has 3 aromatic rings. The molecule has 0 aliphatic rings. The predicted molar refractivity (Wildman–Crippen MR) is 93.5 cm³/mol. The highest BCUT2D eigenvalue weighted by Gasteiger charge is 2.17. The molecule has 9 heteroatoms. The van der Waals surface area contributed by atoms with Crippen molar-refractivity contribution < 1.29 is 5.11 Å². The Balaban J connectivity index is 2.21. The first-order chi connectivity index (χ1) is 12.1. The summed E-state index contributed by atoms with van der Waals surface area (Å²) in [7, 11) is 0. The smallest absolute Gasteiger partial charge is 0.332 e. The quantitative estimate of drug-likeness (QED) is 0.649. The van der Waals surface area contributed by atoms with Crippen molar-refractivity contribution in [2.45, 2.75) is 46.3 Å². The van der Waals surface area contributed by atoms with E-state index in [1.54, 1.807) is 21.6 Å². The number of nitrogens with one attached hydrogen (secondary N) is 1. The summed E-state index contributed by atoms with van der Waals surface area (Å²) in [5.41, 5.74) is 0.716. The van der Waals surface area contributed by atoms with Gasteiger partial charge in [0, 0.05) is 19.3 Å². The van der Waals surface area contributed by atoms with Gasteiger partial charge in [-0.2, -0.15) is 5.10 Å². The Kier molecular flexibility index (Phi) is 4.84. The van der Waals surface area contributed by atoms with E-state index in [1.165, 1.54) is 4.57 Å². The molecule has 0 aliphatic carbocycles. The minimum absolute atomic E-state index is 0.0149. The van der Waals surface area contributed by atoms with E-state index >= 15 is 0 Å². The molecule has 3 rings (SSSR count). The molecule has 9 nitrogen and oxygen atoms in total. The van der Waals surface area contributed by atoms with Gasteiger partial charge in [-0.05, 0) is 12.8 Å². The van der Waals surface area contributed by atoms with E-state index < -0.39 is 0 Å². The van der Waals surface area contributed by atoms with Gasteiger partial charge in [-0.25, -0.2) is 9.78 Å². The number of imidazole rings is 1. The van der Waals surface area contributed by atoms with Gasteiger partial charge in [0.25, 0.3) is 5.56 Å². The Morgan fingerprint density at radius 1 is 1.12 bits per heavy atom. The number of fused-ring (bicyclic) bond motifs is 1. The second-order valence-corrected chi connectivity index (χ2v) is 5.89. The van der Waals surface area contributed by atoms with Crippen molar-refractivity contribution in [3.63, 3.8) is 0 Å². The fourth-order valence-electron chi connectivity index (χ4n) is 2.86. The van der Waals surface area contributed by atoms with E-state index in [0.29, 0.717) is 48.6 Å². The molecular formula is C16H22N6O3. The summed E-state index contributed by atoms with van der Waals surface area (Å²) in [5.74, 6) is 0.481. The third kappa shape index (κ3) is 3.02. The number of aliphatic hydroxyl groups excluding tert-OH is 1. The first-order valence-corrected chi connectivity index (χ1v) is 8.47. The van der Waals surface area contributed by atoms with E-state index in [0.717, 1.165) is 6.42 Å². The number of aliphatic hydroxyl groups is 1. The van der Waals surface area contributed by atoms with Crippen LogP contribution in [0, 0.1) is 0 Å². The van der Waals surface area contributed by atoms with E-state index in [1.807, 2.05) is 13.8 Å². The molecule has 25 heavy (non-hydrogen) atoms. The average Bonchev–Trinajstić information content (AvgIpc) is 3.23. The minimum Gasteiger partial charge on any atom is -0.394 e. The summed E-state index contributed by atoms with van der Waals surface area (Å²) in [6.45, 7) is 5.13. The first-order valence-electron chi connectivity index (χ1n) is 8.47. The fourth-order valence-corrected chi connectivity index (χ4v) is 2.86. The topological polar surface area (TPSA) is 111 Å². The number of hydrogen-bond acceptors (Lipinski definition) is 5. The molecule has 0 fully saturated rings. The summed E-state index contributed by atoms with van der Waals surface area (Å²) in [6, 6.07) is 0. The maximum Gasteiger partial charge on any atom is 0.332 e. The molecule has 3 aromatic heterocycles. The van der Waals surface area contributed by atoms with Crippen molar-refractivity contribution in [1.29, 1.82) is 0 Å². The Morgan fingerprint density at radius 3 is 2.52 bits per heavy atom. The summed E-state index contributed by atoms with van der Waals surface area (Å²) in [5, 5.41) is 13.1. The molecule has 2 N–H and O–H groups in total. The van der Waals surface area contributed by atoms with Crippen LogP contribution in [-0.4, -0.2) is 40.6 Å². The van der Waals surface area contributed by atoms with Crippen LogP contribution in [0.2, 0.25) is 0 Å². The van der Waals surface area contributed by atoms with E-state index in [4.69, 9.17) is 5.11 Å². The molecule has 3 heterocycles. The number of H-pyrrole nitrogens is 1. The lowest BCUT2D eigenvalue weighted by atomic mass is 10.3. The molecule has 0 spiro atoms. The standard InChI is InChI=1S/C16H22N6O3/c1-3-5-21-14-12(15(24)22(6-4-2)16(21)25)18-13(19-14)11-9-17-20(10-11)7-8-23/h9-10,23H,3-8H2,1-2H3,(H,18,19). The van der Waals surface area contributed by atoms with Crippen LogP contribution in [0.4, 0.5) is 0 Å². The number of aryl methyl sites for hydroxylation is 1. The van der Waals surface area contributed by atoms with Crippen molar-refractivity contribution in [3.05, 3.63) is 33.2 Å². The maximum absolute atomic E-state index is 12.7. The van der Waals surface area contributed by atoms with E-state index in [9.17, 15) is 9.59 Å². The summed E-state index contributed by atoms with van der Waals surface area (Å²) < 4.78 is 4.40. The molecule has 0 saturated heterocycles. The number of aromatic nitrogens is 6. The first kappa shape index (κ1) is 17.2. The second-order valence-electron chi connectivity index (χ2n) is 5.89. The van der Waals surface area contributed by atoms with Crippen LogP contribution in [0.5, 0.6) is 0 Å². The average molecular weight is 346 g/mol. The molecule has 0 saturated carbocycles. The van der Waals surface area contributed by atoms with Gasteiger partial charge in [0.2, 0.25) is 0 Å². The highest BCUT2D eigenvalue weighted by Crippen LogP contribution is 2.17. The zero-order chi connectivity index (χ0) is 18.0. The number of aromatic amines is 1. The van der Waals surface area contributed by atoms with Crippen LogP contribution in [0.15, 0.2) is 22.0 Å². The van der Waals surface area contributed by atoms with Crippen molar-refractivity contribution in [3.8, 4) is 11.4 Å². The van der Waals surface area contributed by atoms with Crippen LogP contribution in [0.3, 0.4) is 0 Å². The molecule has 134 valence electrons. The Bertz CT molecular complexity index is 994. The monoisotopic (exact) mass is 346 g/mol. The Morgan fingerprint density at radius 2 is 1.84 bits per heavy atom. The SMILES string of the molecule is CCCn1c(=O)c2[nH]c(-c3cnn(CCO)c3)nc2n(CCC)c1=O. The summed E-state index contributed by atoms with van der Waals surface area (Å²) in [4.78, 5) is 32.8. The van der Waals surface area contributed by atoms with E-state index in [-0.39, 0.29) is 17.9 Å². The molecule has 0 bridgehead atoms. The summed E-state index contributed by atoms with van der Waals surface area (Å²) >= 11 is 0. The third-order valence-corrected chi connectivity index (χ3v) is 3.99. The molecule has 0 unspecified atom stereocenters. The van der Waals surface area contributed by atoms with Crippen molar-refractivity contribution in [2.75, 3.05) is 6.61 Å². The van der Waals surface area contributed by atoms with Gasteiger partial charge in [-0.15, -0.1) is 0 Å². The normalized spacial score (nSPS) is 11.5. The summed E-state index contributed by atoms with van der Waals surface area (Å²) in [6.07, 6.45) is 4.80. The molecular weight excluding hydrogens is 324 g/mol. The van der Waals surface area contributed by atoms with Crippen LogP contribution in [0.1, 0.15) is 26.7 Å². The van der Waals surface area contributed by atoms with Crippen molar-refractivity contribution >= 4 is 11.2 Å². The zero-order valence-electron chi connectivity index (χ0n) is 14.4. The largest absolute Gasteiger partial charge is 0.394 e. The van der Waals surface area contributed by atoms with Crippen LogP contribution < -0.4 is 11.2 Å². The van der Waals surface area contributed by atoms with Gasteiger partial charge in [0.1, 0.15) is 11.3 Å². The van der Waals surface area contributed by atoms with Gasteiger partial charge in [-0.3, -0.25) is 18.6 Å². The Hall–Kier alpha value is -2.68. The van der Waals surface area contributed by atoms with Gasteiger partial charge in [0.05, 0.1) is 24.9 Å². The molecule has 0 atom stereocenters. The Labute approximate surface area is 143 Å². The molecule has 0 aliphatic heterocycles. The number of rotatable bonds is 7. The molecule has 0 radical (unpaired) electrons. The van der Waals surface area contributed by atoms with Crippen molar-refractivity contribution in [2.24, 2.45) is 0 Å². The molecule has 0 amide bonds.